The number of fused-ring (bicyclic) bond motifs is 1. The molecule has 0 aliphatic heterocycles. The van der Waals surface area contributed by atoms with Crippen LogP contribution in [0.5, 0.6) is 0 Å². The maximum absolute atomic E-state index is 11.9. The summed E-state index contributed by atoms with van der Waals surface area (Å²) >= 11 is 1.58. The molecule has 0 saturated carbocycles. The molecule has 3 rings (SSSR count). The summed E-state index contributed by atoms with van der Waals surface area (Å²) < 4.78 is 0. The van der Waals surface area contributed by atoms with E-state index in [1.165, 1.54) is 5.56 Å². The lowest BCUT2D eigenvalue weighted by molar-refractivity contribution is 0.0976. The van der Waals surface area contributed by atoms with Crippen LogP contribution in [-0.2, 0) is 11.8 Å². The molecule has 0 spiro atoms. The van der Waals surface area contributed by atoms with Gasteiger partial charge in [-0.2, -0.15) is 0 Å². The SMILES string of the molecule is CC(C)(c1ccccc1)c1nc2c(s1)C(=O)CCC2. The van der Waals surface area contributed by atoms with Gasteiger partial charge in [-0.1, -0.05) is 30.3 Å². The zero-order valence-corrected chi connectivity index (χ0v) is 12.1. The van der Waals surface area contributed by atoms with Crippen molar-refractivity contribution in [1.29, 1.82) is 0 Å². The molecule has 0 saturated heterocycles. The molecule has 98 valence electrons. The Labute approximate surface area is 117 Å². The molecule has 19 heavy (non-hydrogen) atoms. The third-order valence-electron chi connectivity index (χ3n) is 3.80. The standard InChI is InChI=1S/C16H17NOS/c1-16(2,11-7-4-3-5-8-11)15-17-12-9-6-10-13(18)14(12)19-15/h3-5,7-8H,6,9-10H2,1-2H3. The van der Waals surface area contributed by atoms with Crippen LogP contribution in [0.15, 0.2) is 30.3 Å². The Kier molecular flexibility index (Phi) is 3.02. The molecule has 0 amide bonds. The third kappa shape index (κ3) is 2.12. The summed E-state index contributed by atoms with van der Waals surface area (Å²) in [4.78, 5) is 17.6. The molecular weight excluding hydrogens is 254 g/mol. The molecule has 0 N–H and O–H groups in total. The van der Waals surface area contributed by atoms with Crippen molar-refractivity contribution in [2.24, 2.45) is 0 Å². The summed E-state index contributed by atoms with van der Waals surface area (Å²) in [6.45, 7) is 4.36. The lowest BCUT2D eigenvalue weighted by Gasteiger charge is -2.22. The molecule has 1 aliphatic rings. The van der Waals surface area contributed by atoms with Gasteiger partial charge in [-0.15, -0.1) is 11.3 Å². The van der Waals surface area contributed by atoms with Gasteiger partial charge in [0.05, 0.1) is 10.6 Å². The Bertz CT molecular complexity index is 613. The minimum Gasteiger partial charge on any atom is -0.293 e. The molecule has 0 radical (unpaired) electrons. The van der Waals surface area contributed by atoms with Crippen molar-refractivity contribution in [3.05, 3.63) is 51.5 Å². The average molecular weight is 271 g/mol. The smallest absolute Gasteiger partial charge is 0.174 e. The third-order valence-corrected chi connectivity index (χ3v) is 5.26. The number of ketones is 1. The second kappa shape index (κ2) is 4.57. The highest BCUT2D eigenvalue weighted by Crippen LogP contribution is 2.37. The molecule has 0 bridgehead atoms. The molecule has 1 aromatic carbocycles. The van der Waals surface area contributed by atoms with Gasteiger partial charge in [-0.25, -0.2) is 4.98 Å². The van der Waals surface area contributed by atoms with Crippen molar-refractivity contribution in [1.82, 2.24) is 4.98 Å². The fourth-order valence-corrected chi connectivity index (χ4v) is 3.72. The summed E-state index contributed by atoms with van der Waals surface area (Å²) in [6, 6.07) is 10.4. The highest BCUT2D eigenvalue weighted by atomic mass is 32.1. The molecule has 1 aliphatic carbocycles. The van der Waals surface area contributed by atoms with Crippen LogP contribution in [0.25, 0.3) is 0 Å². The van der Waals surface area contributed by atoms with E-state index in [2.05, 4.69) is 38.1 Å². The van der Waals surface area contributed by atoms with E-state index in [1.54, 1.807) is 11.3 Å². The monoisotopic (exact) mass is 271 g/mol. The number of hydrogen-bond donors (Lipinski definition) is 0. The number of carbonyl (C=O) groups excluding carboxylic acids is 1. The summed E-state index contributed by atoms with van der Waals surface area (Å²) in [5.74, 6) is 0.272. The first-order valence-corrected chi connectivity index (χ1v) is 7.49. The highest BCUT2D eigenvalue weighted by Gasteiger charge is 2.30. The predicted molar refractivity (Wildman–Crippen MR) is 78.0 cm³/mol. The lowest BCUT2D eigenvalue weighted by atomic mass is 9.85. The van der Waals surface area contributed by atoms with E-state index in [9.17, 15) is 4.79 Å². The van der Waals surface area contributed by atoms with Gasteiger partial charge in [0.2, 0.25) is 0 Å². The highest BCUT2D eigenvalue weighted by molar-refractivity contribution is 7.14. The minimum absolute atomic E-state index is 0.135. The lowest BCUT2D eigenvalue weighted by Crippen LogP contribution is -2.18. The van der Waals surface area contributed by atoms with Gasteiger partial charge in [0.15, 0.2) is 5.78 Å². The largest absolute Gasteiger partial charge is 0.293 e. The Morgan fingerprint density at radius 1 is 1.16 bits per heavy atom. The number of aryl methyl sites for hydroxylation is 1. The Morgan fingerprint density at radius 2 is 1.89 bits per heavy atom. The van der Waals surface area contributed by atoms with Crippen LogP contribution >= 0.6 is 11.3 Å². The van der Waals surface area contributed by atoms with E-state index in [0.717, 1.165) is 28.4 Å². The number of rotatable bonds is 2. The molecule has 1 heterocycles. The molecule has 0 unspecified atom stereocenters. The second-order valence-corrected chi connectivity index (χ2v) is 6.56. The number of aromatic nitrogens is 1. The van der Waals surface area contributed by atoms with Crippen molar-refractivity contribution < 1.29 is 4.79 Å². The number of Topliss-reactive ketones (excluding diaryl/α,β-unsaturated/α-hetero) is 1. The first-order valence-electron chi connectivity index (χ1n) is 6.68. The summed E-state index contributed by atoms with van der Waals surface area (Å²) in [5, 5.41) is 1.05. The summed E-state index contributed by atoms with van der Waals surface area (Å²) in [7, 11) is 0. The van der Waals surface area contributed by atoms with Crippen molar-refractivity contribution in [3.63, 3.8) is 0 Å². The zero-order chi connectivity index (χ0) is 13.5. The number of carbonyl (C=O) groups is 1. The molecule has 3 heteroatoms. The van der Waals surface area contributed by atoms with Crippen LogP contribution in [0, 0.1) is 0 Å². The minimum atomic E-state index is -0.135. The maximum Gasteiger partial charge on any atom is 0.174 e. The number of thiazole rings is 1. The van der Waals surface area contributed by atoms with Crippen LogP contribution < -0.4 is 0 Å². The molecule has 2 nitrogen and oxygen atoms in total. The molecule has 0 atom stereocenters. The fourth-order valence-electron chi connectivity index (χ4n) is 2.51. The van der Waals surface area contributed by atoms with Crippen molar-refractivity contribution >= 4 is 17.1 Å². The van der Waals surface area contributed by atoms with E-state index in [4.69, 9.17) is 4.98 Å². The van der Waals surface area contributed by atoms with Crippen LogP contribution in [0.1, 0.15) is 52.6 Å². The van der Waals surface area contributed by atoms with Crippen molar-refractivity contribution in [2.75, 3.05) is 0 Å². The van der Waals surface area contributed by atoms with E-state index in [-0.39, 0.29) is 11.2 Å². The van der Waals surface area contributed by atoms with E-state index >= 15 is 0 Å². The predicted octanol–water partition coefficient (Wildman–Crippen LogP) is 3.99. The van der Waals surface area contributed by atoms with Gasteiger partial charge in [0.25, 0.3) is 0 Å². The van der Waals surface area contributed by atoms with Gasteiger partial charge >= 0.3 is 0 Å². The van der Waals surface area contributed by atoms with Crippen molar-refractivity contribution in [3.8, 4) is 0 Å². The first kappa shape index (κ1) is 12.5. The fraction of sp³-hybridized carbons (Fsp3) is 0.375. The Morgan fingerprint density at radius 3 is 2.58 bits per heavy atom. The van der Waals surface area contributed by atoms with Gasteiger partial charge in [0, 0.05) is 11.8 Å². The number of benzene rings is 1. The normalized spacial score (nSPS) is 15.4. The topological polar surface area (TPSA) is 30.0 Å². The summed E-state index contributed by atoms with van der Waals surface area (Å²) in [6.07, 6.45) is 2.57. The Hall–Kier alpha value is -1.48. The molecule has 1 aromatic heterocycles. The van der Waals surface area contributed by atoms with Crippen LogP contribution in [0.4, 0.5) is 0 Å². The number of nitrogens with zero attached hydrogens (tertiary/aromatic N) is 1. The van der Waals surface area contributed by atoms with Gasteiger partial charge in [-0.3, -0.25) is 4.79 Å². The second-order valence-electron chi connectivity index (χ2n) is 5.56. The van der Waals surface area contributed by atoms with Gasteiger partial charge in [0.1, 0.15) is 5.01 Å². The van der Waals surface area contributed by atoms with E-state index < -0.39 is 0 Å². The maximum atomic E-state index is 11.9. The first-order chi connectivity index (χ1) is 9.09. The molecule has 0 fully saturated rings. The van der Waals surface area contributed by atoms with Crippen LogP contribution in [0.2, 0.25) is 0 Å². The van der Waals surface area contributed by atoms with Crippen LogP contribution in [-0.4, -0.2) is 10.8 Å². The van der Waals surface area contributed by atoms with Gasteiger partial charge < -0.3 is 0 Å². The van der Waals surface area contributed by atoms with Gasteiger partial charge in [-0.05, 0) is 32.3 Å². The number of hydrogen-bond acceptors (Lipinski definition) is 3. The molecule has 2 aromatic rings. The Balaban J connectivity index is 2.05. The average Bonchev–Trinajstić information content (AvgIpc) is 2.86. The summed E-state index contributed by atoms with van der Waals surface area (Å²) in [5.41, 5.74) is 2.12. The molecular formula is C16H17NOS. The quantitative estimate of drug-likeness (QED) is 0.826. The van der Waals surface area contributed by atoms with Crippen LogP contribution in [0.3, 0.4) is 0 Å². The van der Waals surface area contributed by atoms with Crippen molar-refractivity contribution in [2.45, 2.75) is 38.5 Å². The van der Waals surface area contributed by atoms with E-state index in [1.807, 2.05) is 6.07 Å². The zero-order valence-electron chi connectivity index (χ0n) is 11.3. The van der Waals surface area contributed by atoms with E-state index in [0.29, 0.717) is 6.42 Å².